The molecular formula is C18H19N5O2. The second kappa shape index (κ2) is 6.98. The van der Waals surface area contributed by atoms with Gasteiger partial charge in [-0.2, -0.15) is 4.98 Å². The molecular weight excluding hydrogens is 318 g/mol. The second-order valence-corrected chi connectivity index (χ2v) is 5.88. The first-order valence-corrected chi connectivity index (χ1v) is 8.39. The lowest BCUT2D eigenvalue weighted by Gasteiger charge is -2.27. The van der Waals surface area contributed by atoms with Crippen molar-refractivity contribution < 1.29 is 9.26 Å². The molecule has 0 amide bonds. The summed E-state index contributed by atoms with van der Waals surface area (Å²) >= 11 is 0. The van der Waals surface area contributed by atoms with E-state index in [2.05, 4.69) is 25.0 Å². The van der Waals surface area contributed by atoms with E-state index in [4.69, 9.17) is 9.26 Å². The van der Waals surface area contributed by atoms with Gasteiger partial charge >= 0.3 is 0 Å². The van der Waals surface area contributed by atoms with Gasteiger partial charge in [0.2, 0.25) is 17.6 Å². The fraction of sp³-hybridized carbons (Fsp3) is 0.333. The molecule has 128 valence electrons. The topological polar surface area (TPSA) is 77.2 Å². The van der Waals surface area contributed by atoms with Crippen LogP contribution in [0.1, 0.15) is 24.1 Å². The van der Waals surface area contributed by atoms with Gasteiger partial charge in [-0.15, -0.1) is 0 Å². The molecule has 3 aromatic rings. The van der Waals surface area contributed by atoms with Crippen molar-refractivity contribution in [1.29, 1.82) is 0 Å². The molecule has 0 radical (unpaired) electrons. The van der Waals surface area contributed by atoms with Crippen LogP contribution in [-0.2, 0) is 19.5 Å². The first-order chi connectivity index (χ1) is 12.3. The Labute approximate surface area is 145 Å². The largest absolute Gasteiger partial charge is 0.478 e. The van der Waals surface area contributed by atoms with E-state index in [1.54, 1.807) is 6.33 Å². The van der Waals surface area contributed by atoms with Crippen molar-refractivity contribution in [2.75, 3.05) is 13.2 Å². The highest BCUT2D eigenvalue weighted by molar-refractivity contribution is 5.53. The van der Waals surface area contributed by atoms with E-state index in [-0.39, 0.29) is 0 Å². The molecule has 1 aromatic carbocycles. The van der Waals surface area contributed by atoms with Crippen molar-refractivity contribution in [3.63, 3.8) is 0 Å². The summed E-state index contributed by atoms with van der Waals surface area (Å²) in [6, 6.07) is 9.83. The summed E-state index contributed by atoms with van der Waals surface area (Å²) in [5, 5.41) is 4.08. The highest BCUT2D eigenvalue weighted by Gasteiger charge is 2.23. The zero-order valence-electron chi connectivity index (χ0n) is 14.1. The van der Waals surface area contributed by atoms with Crippen molar-refractivity contribution in [2.45, 2.75) is 26.4 Å². The number of nitrogens with zero attached hydrogens (tertiary/aromatic N) is 5. The highest BCUT2D eigenvalue weighted by Crippen LogP contribution is 2.25. The van der Waals surface area contributed by atoms with Gasteiger partial charge in [-0.1, -0.05) is 35.5 Å². The molecule has 4 rings (SSSR count). The summed E-state index contributed by atoms with van der Waals surface area (Å²) in [7, 11) is 0. The minimum Gasteiger partial charge on any atom is -0.478 e. The zero-order valence-corrected chi connectivity index (χ0v) is 14.1. The Balaban J connectivity index is 1.49. The summed E-state index contributed by atoms with van der Waals surface area (Å²) in [5.74, 6) is 1.90. The van der Waals surface area contributed by atoms with Gasteiger partial charge in [-0.3, -0.25) is 4.90 Å². The number of benzene rings is 1. The molecule has 25 heavy (non-hydrogen) atoms. The van der Waals surface area contributed by atoms with Crippen LogP contribution >= 0.6 is 0 Å². The smallest absolute Gasteiger partial charge is 0.241 e. The molecule has 0 unspecified atom stereocenters. The van der Waals surface area contributed by atoms with Crippen molar-refractivity contribution in [1.82, 2.24) is 25.0 Å². The summed E-state index contributed by atoms with van der Waals surface area (Å²) in [6.07, 6.45) is 2.43. The fourth-order valence-electron chi connectivity index (χ4n) is 2.98. The Bertz CT molecular complexity index is 850. The van der Waals surface area contributed by atoms with Crippen LogP contribution in [0.5, 0.6) is 5.88 Å². The second-order valence-electron chi connectivity index (χ2n) is 5.88. The molecule has 7 heteroatoms. The fourth-order valence-corrected chi connectivity index (χ4v) is 2.98. The van der Waals surface area contributed by atoms with Crippen molar-refractivity contribution in [2.24, 2.45) is 0 Å². The van der Waals surface area contributed by atoms with Crippen LogP contribution in [0.25, 0.3) is 11.4 Å². The van der Waals surface area contributed by atoms with Crippen LogP contribution in [0, 0.1) is 0 Å². The third-order valence-electron chi connectivity index (χ3n) is 4.18. The molecule has 0 saturated carbocycles. The normalized spacial score (nSPS) is 14.3. The lowest BCUT2D eigenvalue weighted by atomic mass is 10.1. The number of rotatable bonds is 5. The van der Waals surface area contributed by atoms with E-state index in [0.29, 0.717) is 37.3 Å². The van der Waals surface area contributed by atoms with Crippen LogP contribution in [0.15, 0.2) is 41.2 Å². The highest BCUT2D eigenvalue weighted by atomic mass is 16.5. The van der Waals surface area contributed by atoms with Crippen LogP contribution in [-0.4, -0.2) is 38.2 Å². The van der Waals surface area contributed by atoms with Gasteiger partial charge in [-0.25, -0.2) is 9.97 Å². The minimum atomic E-state index is 0.591. The van der Waals surface area contributed by atoms with Crippen molar-refractivity contribution >= 4 is 0 Å². The van der Waals surface area contributed by atoms with Crippen LogP contribution in [0.3, 0.4) is 0 Å². The molecule has 0 atom stereocenters. The molecule has 0 bridgehead atoms. The van der Waals surface area contributed by atoms with E-state index >= 15 is 0 Å². The summed E-state index contributed by atoms with van der Waals surface area (Å²) < 4.78 is 11.1. The molecule has 7 nitrogen and oxygen atoms in total. The molecule has 1 aliphatic heterocycles. The predicted molar refractivity (Wildman–Crippen MR) is 90.8 cm³/mol. The Kier molecular flexibility index (Phi) is 4.39. The molecule has 0 saturated heterocycles. The third kappa shape index (κ3) is 3.36. The van der Waals surface area contributed by atoms with E-state index < -0.39 is 0 Å². The lowest BCUT2D eigenvalue weighted by molar-refractivity contribution is 0.202. The minimum absolute atomic E-state index is 0.591. The van der Waals surface area contributed by atoms with Crippen LogP contribution in [0.4, 0.5) is 0 Å². The average Bonchev–Trinajstić information content (AvgIpc) is 3.12. The van der Waals surface area contributed by atoms with Crippen molar-refractivity contribution in [3.8, 4) is 17.3 Å². The molecule has 3 heterocycles. The zero-order chi connectivity index (χ0) is 17.1. The van der Waals surface area contributed by atoms with Gasteiger partial charge < -0.3 is 9.26 Å². The first-order valence-electron chi connectivity index (χ1n) is 8.39. The van der Waals surface area contributed by atoms with Gasteiger partial charge in [0, 0.05) is 30.6 Å². The third-order valence-corrected chi connectivity index (χ3v) is 4.18. The number of ether oxygens (including phenoxy) is 1. The maximum atomic E-state index is 5.64. The maximum Gasteiger partial charge on any atom is 0.241 e. The Morgan fingerprint density at radius 3 is 2.92 bits per heavy atom. The maximum absolute atomic E-state index is 5.64. The van der Waals surface area contributed by atoms with E-state index in [1.807, 2.05) is 37.3 Å². The van der Waals surface area contributed by atoms with Gasteiger partial charge in [-0.05, 0) is 6.92 Å². The molecule has 2 aromatic heterocycles. The number of hydrogen-bond acceptors (Lipinski definition) is 7. The summed E-state index contributed by atoms with van der Waals surface area (Å²) in [6.45, 7) is 4.75. The van der Waals surface area contributed by atoms with E-state index in [0.717, 1.165) is 29.8 Å². The standard InChI is InChI=1S/C18H19N5O2/c1-2-24-18-14-10-23(9-8-15(14)19-12-20-18)11-16-21-17(22-25-16)13-6-4-3-5-7-13/h3-7,12H,2,8-11H2,1H3. The van der Waals surface area contributed by atoms with Gasteiger partial charge in [0.1, 0.15) is 6.33 Å². The van der Waals surface area contributed by atoms with Gasteiger partial charge in [0.25, 0.3) is 0 Å². The summed E-state index contributed by atoms with van der Waals surface area (Å²) in [5.41, 5.74) is 3.07. The van der Waals surface area contributed by atoms with Gasteiger partial charge in [0.05, 0.1) is 18.8 Å². The van der Waals surface area contributed by atoms with Crippen molar-refractivity contribution in [3.05, 3.63) is 53.8 Å². The number of hydrogen-bond donors (Lipinski definition) is 0. The summed E-state index contributed by atoms with van der Waals surface area (Å²) in [4.78, 5) is 15.4. The lowest BCUT2D eigenvalue weighted by Crippen LogP contribution is -2.31. The molecule has 0 aliphatic carbocycles. The molecule has 0 fully saturated rings. The van der Waals surface area contributed by atoms with E-state index in [1.165, 1.54) is 0 Å². The van der Waals surface area contributed by atoms with E-state index in [9.17, 15) is 0 Å². The molecule has 0 N–H and O–H groups in total. The Hall–Kier alpha value is -2.80. The van der Waals surface area contributed by atoms with Gasteiger partial charge in [0.15, 0.2) is 0 Å². The Morgan fingerprint density at radius 2 is 2.08 bits per heavy atom. The Morgan fingerprint density at radius 1 is 1.20 bits per heavy atom. The predicted octanol–water partition coefficient (Wildman–Crippen LogP) is 2.48. The molecule has 1 aliphatic rings. The molecule has 0 spiro atoms. The average molecular weight is 337 g/mol. The van der Waals surface area contributed by atoms with Crippen LogP contribution < -0.4 is 4.74 Å². The monoisotopic (exact) mass is 337 g/mol. The first kappa shape index (κ1) is 15.7. The number of fused-ring (bicyclic) bond motifs is 1. The SMILES string of the molecule is CCOc1ncnc2c1CN(Cc1nc(-c3ccccc3)no1)CC2. The van der Waals surface area contributed by atoms with Crippen LogP contribution in [0.2, 0.25) is 0 Å². The number of aromatic nitrogens is 4. The quantitative estimate of drug-likeness (QED) is 0.708.